The SMILES string of the molecule is CCC(C)C([C@@H](CC(=O)N1CCC[C@H]1[C@H](OC)[C@@H](C)C(=O)NC(Cc1ccccc1)C(=O)O)OC)N(C)C(=O)[C@@H](N)C(C)C. The zero-order valence-corrected chi connectivity index (χ0v) is 27.7. The van der Waals surface area contributed by atoms with Gasteiger partial charge in [0, 0.05) is 34.2 Å². The number of likely N-dealkylation sites (N-methyl/N-ethyl adjacent to an activating group) is 1. The van der Waals surface area contributed by atoms with Crippen molar-refractivity contribution in [2.45, 2.75) is 103 Å². The Hall–Kier alpha value is -3.02. The van der Waals surface area contributed by atoms with Crippen LogP contribution in [0.15, 0.2) is 30.3 Å². The van der Waals surface area contributed by atoms with Gasteiger partial charge in [0.15, 0.2) is 0 Å². The van der Waals surface area contributed by atoms with Crippen LogP contribution in [-0.4, -0.2) is 103 Å². The van der Waals surface area contributed by atoms with Crippen LogP contribution in [0.25, 0.3) is 0 Å². The van der Waals surface area contributed by atoms with Crippen molar-refractivity contribution >= 4 is 23.7 Å². The van der Waals surface area contributed by atoms with Crippen molar-refractivity contribution in [2.24, 2.45) is 23.5 Å². The van der Waals surface area contributed by atoms with E-state index in [1.807, 2.05) is 58.0 Å². The smallest absolute Gasteiger partial charge is 0.326 e. The first kappa shape index (κ1) is 37.2. The Balaban J connectivity index is 2.20. The van der Waals surface area contributed by atoms with Crippen molar-refractivity contribution < 1.29 is 33.8 Å². The summed E-state index contributed by atoms with van der Waals surface area (Å²) in [6.45, 7) is 10.1. The molecule has 0 aliphatic carbocycles. The molecule has 248 valence electrons. The normalized spacial score (nSPS) is 19.9. The molecular weight excluding hydrogens is 564 g/mol. The van der Waals surface area contributed by atoms with Gasteiger partial charge in [0.1, 0.15) is 6.04 Å². The monoisotopic (exact) mass is 618 g/mol. The number of likely N-dealkylation sites (tertiary alicyclic amines) is 1. The maximum absolute atomic E-state index is 13.8. The number of nitrogens with zero attached hydrogens (tertiary/aromatic N) is 2. The van der Waals surface area contributed by atoms with Crippen LogP contribution in [0.2, 0.25) is 0 Å². The summed E-state index contributed by atoms with van der Waals surface area (Å²) in [5.74, 6) is -2.63. The van der Waals surface area contributed by atoms with Gasteiger partial charge in [-0.1, -0.05) is 71.4 Å². The molecular formula is C33H54N4O7. The van der Waals surface area contributed by atoms with E-state index in [4.69, 9.17) is 15.2 Å². The number of nitrogens with one attached hydrogen (secondary N) is 1. The van der Waals surface area contributed by atoms with Crippen molar-refractivity contribution in [2.75, 3.05) is 27.8 Å². The molecule has 44 heavy (non-hydrogen) atoms. The molecule has 1 fully saturated rings. The molecule has 0 radical (unpaired) electrons. The molecule has 8 atom stereocenters. The fraction of sp³-hybridized carbons (Fsp3) is 0.697. The number of carbonyl (C=O) groups is 4. The van der Waals surface area contributed by atoms with Gasteiger partial charge in [-0.2, -0.15) is 0 Å². The van der Waals surface area contributed by atoms with Gasteiger partial charge in [-0.3, -0.25) is 14.4 Å². The molecule has 3 amide bonds. The quantitative estimate of drug-likeness (QED) is 0.241. The minimum atomic E-state index is -1.12. The molecule has 1 aliphatic rings. The molecule has 1 saturated heterocycles. The number of benzene rings is 1. The first-order valence-electron chi connectivity index (χ1n) is 15.7. The molecule has 4 N–H and O–H groups in total. The molecule has 1 aliphatic heterocycles. The lowest BCUT2D eigenvalue weighted by atomic mass is 9.89. The molecule has 0 spiro atoms. The first-order chi connectivity index (χ1) is 20.8. The van der Waals surface area contributed by atoms with Gasteiger partial charge in [-0.25, -0.2) is 4.79 Å². The molecule has 2 rings (SSSR count). The van der Waals surface area contributed by atoms with E-state index in [1.165, 1.54) is 7.11 Å². The standard InChI is InChI=1S/C33H54N4O7/c1-9-21(4)29(36(6)32(40)28(34)20(2)3)26(43-7)19-27(38)37-17-13-16-25(37)30(44-8)22(5)31(39)35-24(33(41)42)18-23-14-11-10-12-15-23/h10-12,14-15,20-22,24-26,28-30H,9,13,16-19,34H2,1-8H3,(H,35,39)(H,41,42)/t21?,22-,24?,25+,26-,28+,29?,30-/m1/s1. The second-order valence-corrected chi connectivity index (χ2v) is 12.4. The van der Waals surface area contributed by atoms with Crippen molar-refractivity contribution in [3.63, 3.8) is 0 Å². The predicted octanol–water partition coefficient (Wildman–Crippen LogP) is 2.70. The molecule has 0 aromatic heterocycles. The molecule has 11 heteroatoms. The number of hydrogen-bond acceptors (Lipinski definition) is 7. The first-order valence-corrected chi connectivity index (χ1v) is 15.7. The fourth-order valence-corrected chi connectivity index (χ4v) is 6.18. The minimum absolute atomic E-state index is 0.0372. The lowest BCUT2D eigenvalue weighted by Crippen LogP contribution is -2.56. The Kier molecular flexibility index (Phi) is 14.8. The number of hydrogen-bond donors (Lipinski definition) is 3. The second kappa shape index (κ2) is 17.5. The summed E-state index contributed by atoms with van der Waals surface area (Å²) in [6, 6.07) is 6.61. The van der Waals surface area contributed by atoms with E-state index >= 15 is 0 Å². The highest BCUT2D eigenvalue weighted by atomic mass is 16.5. The van der Waals surface area contributed by atoms with Crippen molar-refractivity contribution in [1.29, 1.82) is 0 Å². The molecule has 0 saturated carbocycles. The Morgan fingerprint density at radius 1 is 1.09 bits per heavy atom. The van der Waals surface area contributed by atoms with Crippen LogP contribution in [-0.2, 0) is 35.1 Å². The Morgan fingerprint density at radius 3 is 2.25 bits per heavy atom. The average molecular weight is 619 g/mol. The van der Waals surface area contributed by atoms with Gasteiger partial charge >= 0.3 is 5.97 Å². The van der Waals surface area contributed by atoms with Crippen molar-refractivity contribution in [3.8, 4) is 0 Å². The molecule has 1 aromatic carbocycles. The van der Waals surface area contributed by atoms with E-state index < -0.39 is 42.1 Å². The van der Waals surface area contributed by atoms with E-state index in [0.717, 1.165) is 18.4 Å². The molecule has 1 aromatic rings. The number of aliphatic carboxylic acids is 1. The van der Waals surface area contributed by atoms with Gasteiger partial charge in [-0.15, -0.1) is 0 Å². The number of carboxylic acids is 1. The Morgan fingerprint density at radius 2 is 1.73 bits per heavy atom. The third-order valence-electron chi connectivity index (χ3n) is 9.16. The average Bonchev–Trinajstić information content (AvgIpc) is 3.49. The van der Waals surface area contributed by atoms with Gasteiger partial charge in [-0.05, 0) is 30.2 Å². The summed E-state index contributed by atoms with van der Waals surface area (Å²) in [5.41, 5.74) is 7.00. The van der Waals surface area contributed by atoms with E-state index in [-0.39, 0.29) is 48.6 Å². The summed E-state index contributed by atoms with van der Waals surface area (Å²) in [5, 5.41) is 12.5. The maximum Gasteiger partial charge on any atom is 0.326 e. The molecule has 0 bridgehead atoms. The van der Waals surface area contributed by atoms with E-state index in [1.54, 1.807) is 30.9 Å². The third kappa shape index (κ3) is 9.49. The molecule has 11 nitrogen and oxygen atoms in total. The van der Waals surface area contributed by atoms with E-state index in [2.05, 4.69) is 5.32 Å². The number of carbonyl (C=O) groups excluding carboxylic acids is 3. The van der Waals surface area contributed by atoms with Crippen LogP contribution in [0.4, 0.5) is 0 Å². The maximum atomic E-state index is 13.8. The zero-order valence-electron chi connectivity index (χ0n) is 27.7. The summed E-state index contributed by atoms with van der Waals surface area (Å²) >= 11 is 0. The van der Waals surface area contributed by atoms with Crippen LogP contribution in [0.1, 0.15) is 65.9 Å². The summed E-state index contributed by atoms with van der Waals surface area (Å²) in [7, 11) is 4.78. The number of carboxylic acid groups (broad SMARTS) is 1. The van der Waals surface area contributed by atoms with Crippen molar-refractivity contribution in [3.05, 3.63) is 35.9 Å². The Labute approximate surface area is 262 Å². The van der Waals surface area contributed by atoms with Crippen LogP contribution in [0.5, 0.6) is 0 Å². The topological polar surface area (TPSA) is 152 Å². The van der Waals surface area contributed by atoms with E-state index in [9.17, 15) is 24.3 Å². The number of methoxy groups -OCH3 is 2. The summed E-state index contributed by atoms with van der Waals surface area (Å²) in [4.78, 5) is 55.7. The zero-order chi connectivity index (χ0) is 33.1. The third-order valence-corrected chi connectivity index (χ3v) is 9.16. The largest absolute Gasteiger partial charge is 0.480 e. The van der Waals surface area contributed by atoms with E-state index in [0.29, 0.717) is 13.0 Å². The number of nitrogens with two attached hydrogens (primary N) is 1. The van der Waals surface area contributed by atoms with Gasteiger partial charge in [0.05, 0.1) is 42.7 Å². The Bertz CT molecular complexity index is 1090. The number of ether oxygens (including phenoxy) is 2. The highest BCUT2D eigenvalue weighted by molar-refractivity contribution is 5.86. The van der Waals surface area contributed by atoms with Gasteiger partial charge < -0.3 is 35.4 Å². The number of rotatable bonds is 17. The van der Waals surface area contributed by atoms with Gasteiger partial charge in [0.25, 0.3) is 0 Å². The van der Waals surface area contributed by atoms with Gasteiger partial charge in [0.2, 0.25) is 17.7 Å². The van der Waals surface area contributed by atoms with Crippen LogP contribution in [0.3, 0.4) is 0 Å². The van der Waals surface area contributed by atoms with Crippen LogP contribution in [0, 0.1) is 17.8 Å². The fourth-order valence-electron chi connectivity index (χ4n) is 6.18. The van der Waals surface area contributed by atoms with Crippen molar-refractivity contribution in [1.82, 2.24) is 15.1 Å². The minimum Gasteiger partial charge on any atom is -0.480 e. The molecule has 1 heterocycles. The lowest BCUT2D eigenvalue weighted by Gasteiger charge is -2.40. The predicted molar refractivity (Wildman–Crippen MR) is 169 cm³/mol. The molecule has 3 unspecified atom stereocenters. The lowest BCUT2D eigenvalue weighted by molar-refractivity contribution is -0.147. The summed E-state index contributed by atoms with van der Waals surface area (Å²) < 4.78 is 11.7. The highest BCUT2D eigenvalue weighted by Gasteiger charge is 2.42. The second-order valence-electron chi connectivity index (χ2n) is 12.4. The highest BCUT2D eigenvalue weighted by Crippen LogP contribution is 2.29. The van der Waals surface area contributed by atoms with Crippen LogP contribution >= 0.6 is 0 Å². The van der Waals surface area contributed by atoms with Crippen LogP contribution < -0.4 is 11.1 Å². The summed E-state index contributed by atoms with van der Waals surface area (Å²) in [6.07, 6.45) is 1.14. The number of amides is 3.